The van der Waals surface area contributed by atoms with Gasteiger partial charge >= 0.3 is 11.9 Å². The number of hydrogen-bond acceptors (Lipinski definition) is 7. The van der Waals surface area contributed by atoms with Crippen molar-refractivity contribution in [1.29, 1.82) is 0 Å². The molecule has 43 heavy (non-hydrogen) atoms. The molecule has 8 unspecified atom stereocenters. The fraction of sp³-hybridized carbons (Fsp3) is 0.529. The highest BCUT2D eigenvalue weighted by Crippen LogP contribution is 2.66. The topological polar surface area (TPSA) is 127 Å². The second-order valence-electron chi connectivity index (χ2n) is 12.6. The monoisotopic (exact) mass is 590 g/mol. The van der Waals surface area contributed by atoms with E-state index in [0.717, 1.165) is 16.5 Å². The average Bonchev–Trinajstić information content (AvgIpc) is 3.40. The van der Waals surface area contributed by atoms with E-state index in [2.05, 4.69) is 30.2 Å². The number of ether oxygens (including phenoxy) is 3. The first-order chi connectivity index (χ1) is 20.5. The highest BCUT2D eigenvalue weighted by molar-refractivity contribution is 6.10. The number of H-pyrrole nitrogens is 1. The predicted molar refractivity (Wildman–Crippen MR) is 161 cm³/mol. The molecule has 1 aliphatic carbocycles. The number of ketones is 1. The zero-order valence-electron chi connectivity index (χ0n) is 25.8. The largest absolute Gasteiger partial charge is 0.469 e. The lowest BCUT2D eigenvalue weighted by Crippen LogP contribution is -2.58. The Balaban J connectivity index is 1.51. The minimum Gasteiger partial charge on any atom is -0.469 e. The summed E-state index contributed by atoms with van der Waals surface area (Å²) in [6.07, 6.45) is 8.46. The molecule has 2 N–H and O–H groups in total. The molecule has 1 aromatic heterocycles. The second-order valence-corrected chi connectivity index (χ2v) is 12.6. The third-order valence-corrected chi connectivity index (χ3v) is 10.1. The number of carbonyl (C=O) groups excluding carboxylic acids is 4. The summed E-state index contributed by atoms with van der Waals surface area (Å²) < 4.78 is 16.0. The molecule has 2 saturated heterocycles. The highest BCUT2D eigenvalue weighted by Gasteiger charge is 2.78. The van der Waals surface area contributed by atoms with Gasteiger partial charge in [0.05, 0.1) is 32.3 Å². The molecule has 1 aromatic carbocycles. The Morgan fingerprint density at radius 3 is 2.60 bits per heavy atom. The molecule has 2 aromatic rings. The Hall–Kier alpha value is -3.72. The maximum Gasteiger partial charge on any atom is 0.333 e. The number of carbonyl (C=O) groups is 4. The van der Waals surface area contributed by atoms with Crippen LogP contribution in [0.25, 0.3) is 10.9 Å². The zero-order chi connectivity index (χ0) is 31.1. The van der Waals surface area contributed by atoms with Crippen LogP contribution >= 0.6 is 0 Å². The van der Waals surface area contributed by atoms with Crippen molar-refractivity contribution >= 4 is 34.5 Å². The van der Waals surface area contributed by atoms with Crippen molar-refractivity contribution in [3.63, 3.8) is 0 Å². The summed E-state index contributed by atoms with van der Waals surface area (Å²) in [6.45, 7) is 7.87. The Labute approximate surface area is 252 Å². The number of para-hydroxylation sites is 1. The minimum atomic E-state index is -1.39. The van der Waals surface area contributed by atoms with E-state index in [-0.39, 0.29) is 60.4 Å². The molecule has 2 aliphatic heterocycles. The maximum atomic E-state index is 14.3. The number of aromatic nitrogens is 1. The number of epoxide rings is 1. The van der Waals surface area contributed by atoms with Crippen LogP contribution in [0.15, 0.2) is 54.3 Å². The molecule has 3 aliphatic rings. The average molecular weight is 591 g/mol. The van der Waals surface area contributed by atoms with E-state index in [1.165, 1.54) is 14.2 Å². The number of aromatic amines is 1. The van der Waals surface area contributed by atoms with Crippen LogP contribution in [0.5, 0.6) is 0 Å². The molecule has 1 saturated carbocycles. The van der Waals surface area contributed by atoms with Crippen molar-refractivity contribution < 1.29 is 33.4 Å². The van der Waals surface area contributed by atoms with Crippen LogP contribution in [-0.2, 0) is 39.8 Å². The molecule has 0 spiro atoms. The van der Waals surface area contributed by atoms with Crippen LogP contribution in [0.1, 0.15) is 52.5 Å². The summed E-state index contributed by atoms with van der Waals surface area (Å²) in [5.41, 5.74) is 0.746. The fourth-order valence-corrected chi connectivity index (χ4v) is 7.75. The molecule has 9 heteroatoms. The quantitative estimate of drug-likeness (QED) is 0.130. The standard InChI is InChI=1S/C34H42N2O7/c1-19(16-20(2)31(39)42-6)10-9-12-24-30-33(4,43-30)21(3)29-26(17-22-18-35-25-13-8-7-11-23(22)25)36-32(40)34(24,29)27(37)14-15-28(38)41-5/h7-9,11-13,16,18-19,21,24,26,29-30,35H,10,14-15,17H2,1-6H3,(H,36,40). The number of allylic oxidation sites excluding steroid dienone is 2. The Morgan fingerprint density at radius 2 is 1.88 bits per heavy atom. The second kappa shape index (κ2) is 11.8. The number of Topliss-reactive ketones (excluding diaryl/α,β-unsaturated/α-hetero) is 1. The Bertz CT molecular complexity index is 1490. The van der Waals surface area contributed by atoms with E-state index >= 15 is 0 Å². The molecule has 9 nitrogen and oxygen atoms in total. The SMILES string of the molecule is COC(=O)CCC(=O)C12C(=O)NC(Cc3c[nH]c4ccccc34)C1C(C)C1(C)OC1C2C=CCC(C)C=C(C)C(=O)OC. The zero-order valence-corrected chi connectivity index (χ0v) is 25.8. The highest BCUT2D eigenvalue weighted by atomic mass is 16.6. The summed E-state index contributed by atoms with van der Waals surface area (Å²) in [4.78, 5) is 55.9. The van der Waals surface area contributed by atoms with Crippen molar-refractivity contribution in [3.8, 4) is 0 Å². The molecule has 0 bridgehead atoms. The molecular weight excluding hydrogens is 548 g/mol. The lowest BCUT2D eigenvalue weighted by atomic mass is 9.51. The molecule has 0 radical (unpaired) electrons. The van der Waals surface area contributed by atoms with E-state index in [0.29, 0.717) is 18.4 Å². The molecule has 1 amide bonds. The third kappa shape index (κ3) is 5.22. The number of methoxy groups -OCH3 is 2. The van der Waals surface area contributed by atoms with Crippen LogP contribution < -0.4 is 5.32 Å². The smallest absolute Gasteiger partial charge is 0.333 e. The van der Waals surface area contributed by atoms with Crippen LogP contribution in [0, 0.1) is 29.1 Å². The van der Waals surface area contributed by atoms with E-state index in [1.807, 2.05) is 49.5 Å². The van der Waals surface area contributed by atoms with Crippen LogP contribution in [0.2, 0.25) is 0 Å². The van der Waals surface area contributed by atoms with Crippen molar-refractivity contribution in [2.75, 3.05) is 14.2 Å². The Kier molecular flexibility index (Phi) is 8.40. The van der Waals surface area contributed by atoms with Gasteiger partial charge < -0.3 is 24.5 Å². The number of esters is 2. The van der Waals surface area contributed by atoms with Crippen molar-refractivity contribution in [2.24, 2.45) is 29.1 Å². The first kappa shape index (κ1) is 30.7. The number of benzene rings is 1. The molecule has 230 valence electrons. The lowest BCUT2D eigenvalue weighted by molar-refractivity contribution is -0.151. The van der Waals surface area contributed by atoms with Gasteiger partial charge in [-0.2, -0.15) is 0 Å². The first-order valence-corrected chi connectivity index (χ1v) is 15.1. The normalized spacial score (nSPS) is 32.2. The molecule has 3 heterocycles. The Morgan fingerprint density at radius 1 is 1.14 bits per heavy atom. The van der Waals surface area contributed by atoms with Gasteiger partial charge in [-0.3, -0.25) is 14.4 Å². The molecule has 3 fully saturated rings. The van der Waals surface area contributed by atoms with Crippen LogP contribution in [0.3, 0.4) is 0 Å². The van der Waals surface area contributed by atoms with E-state index in [9.17, 15) is 19.2 Å². The van der Waals surface area contributed by atoms with Crippen LogP contribution in [0.4, 0.5) is 0 Å². The number of nitrogens with one attached hydrogen (secondary N) is 2. The van der Waals surface area contributed by atoms with Gasteiger partial charge in [-0.1, -0.05) is 50.3 Å². The van der Waals surface area contributed by atoms with Gasteiger partial charge in [-0.25, -0.2) is 4.79 Å². The van der Waals surface area contributed by atoms with Gasteiger partial charge in [0, 0.05) is 47.0 Å². The van der Waals surface area contributed by atoms with Gasteiger partial charge in [0.15, 0.2) is 0 Å². The van der Waals surface area contributed by atoms with Gasteiger partial charge in [0.2, 0.25) is 5.91 Å². The summed E-state index contributed by atoms with van der Waals surface area (Å²) in [5, 5.41) is 4.33. The first-order valence-electron chi connectivity index (χ1n) is 15.1. The summed E-state index contributed by atoms with van der Waals surface area (Å²) >= 11 is 0. The maximum absolute atomic E-state index is 14.3. The van der Waals surface area contributed by atoms with E-state index in [4.69, 9.17) is 14.2 Å². The molecule has 5 rings (SSSR count). The minimum absolute atomic E-state index is 0.0261. The number of amides is 1. The van der Waals surface area contributed by atoms with Gasteiger partial charge in [-0.05, 0) is 50.2 Å². The van der Waals surface area contributed by atoms with Gasteiger partial charge in [0.1, 0.15) is 11.2 Å². The lowest BCUT2D eigenvalue weighted by Gasteiger charge is -2.46. The van der Waals surface area contributed by atoms with Crippen molar-refractivity contribution in [2.45, 2.75) is 71.1 Å². The molecular formula is C34H42N2O7. The summed E-state index contributed by atoms with van der Waals surface area (Å²) in [7, 11) is 2.65. The van der Waals surface area contributed by atoms with Crippen LogP contribution in [-0.4, -0.2) is 60.6 Å². The third-order valence-electron chi connectivity index (χ3n) is 10.1. The van der Waals surface area contributed by atoms with Gasteiger partial charge in [-0.15, -0.1) is 0 Å². The fourth-order valence-electron chi connectivity index (χ4n) is 7.75. The van der Waals surface area contributed by atoms with E-state index < -0.39 is 22.9 Å². The summed E-state index contributed by atoms with van der Waals surface area (Å²) in [5.74, 6) is -2.34. The number of fused-ring (bicyclic) bond motifs is 3. The van der Waals surface area contributed by atoms with E-state index in [1.54, 1.807) is 6.92 Å². The van der Waals surface area contributed by atoms with Crippen molar-refractivity contribution in [3.05, 3.63) is 59.8 Å². The number of hydrogen-bond donors (Lipinski definition) is 2. The summed E-state index contributed by atoms with van der Waals surface area (Å²) in [6, 6.07) is 7.74. The molecule has 8 atom stereocenters. The predicted octanol–water partition coefficient (Wildman–Crippen LogP) is 4.46. The number of rotatable bonds is 11. The van der Waals surface area contributed by atoms with Crippen molar-refractivity contribution in [1.82, 2.24) is 10.3 Å². The van der Waals surface area contributed by atoms with Gasteiger partial charge in [0.25, 0.3) is 0 Å².